The summed E-state index contributed by atoms with van der Waals surface area (Å²) in [5.41, 5.74) is 7.98. The molecule has 5 heteroatoms. The fraction of sp³-hybridized carbons (Fsp3) is 0.385. The van der Waals surface area contributed by atoms with Gasteiger partial charge in [0, 0.05) is 31.5 Å². The average Bonchev–Trinajstić information content (AvgIpc) is 3.13. The van der Waals surface area contributed by atoms with Gasteiger partial charge >= 0.3 is 0 Å². The third-order valence-corrected chi connectivity index (χ3v) is 3.87. The van der Waals surface area contributed by atoms with Crippen LogP contribution in [0.4, 0.5) is 5.82 Å². The van der Waals surface area contributed by atoms with E-state index in [0.717, 1.165) is 18.1 Å². The van der Waals surface area contributed by atoms with Gasteiger partial charge in [0.05, 0.1) is 5.69 Å². The van der Waals surface area contributed by atoms with E-state index in [1.165, 1.54) is 18.4 Å². The van der Waals surface area contributed by atoms with Gasteiger partial charge in [0.1, 0.15) is 0 Å². The lowest BCUT2D eigenvalue weighted by Crippen LogP contribution is -2.27. The molecule has 0 atom stereocenters. The molecule has 0 radical (unpaired) electrons. The first-order valence-electron chi connectivity index (χ1n) is 6.16. The summed E-state index contributed by atoms with van der Waals surface area (Å²) in [6, 6.07) is 2.77. The maximum absolute atomic E-state index is 5.76. The van der Waals surface area contributed by atoms with Gasteiger partial charge in [-0.15, -0.1) is 0 Å². The minimum absolute atomic E-state index is 0.441. The van der Waals surface area contributed by atoms with Crippen molar-refractivity contribution in [2.75, 3.05) is 4.90 Å². The third-order valence-electron chi connectivity index (χ3n) is 3.14. The molecule has 3 rings (SSSR count). The van der Waals surface area contributed by atoms with Crippen LogP contribution in [0.5, 0.6) is 0 Å². The first-order valence-corrected chi connectivity index (χ1v) is 7.10. The van der Waals surface area contributed by atoms with Crippen molar-refractivity contribution in [2.24, 2.45) is 5.73 Å². The highest BCUT2D eigenvalue weighted by molar-refractivity contribution is 7.07. The molecule has 0 unspecified atom stereocenters. The quantitative estimate of drug-likeness (QED) is 0.895. The van der Waals surface area contributed by atoms with Crippen LogP contribution in [0.3, 0.4) is 0 Å². The second kappa shape index (κ2) is 5.04. The van der Waals surface area contributed by atoms with Gasteiger partial charge in [-0.25, -0.2) is 4.98 Å². The van der Waals surface area contributed by atoms with Crippen LogP contribution in [-0.4, -0.2) is 16.0 Å². The van der Waals surface area contributed by atoms with Gasteiger partial charge in [-0.05, 0) is 35.2 Å². The molecule has 0 spiro atoms. The summed E-state index contributed by atoms with van der Waals surface area (Å²) in [6.45, 7) is 1.34. The molecule has 1 aliphatic rings. The number of hydrogen-bond acceptors (Lipinski definition) is 5. The minimum Gasteiger partial charge on any atom is -0.348 e. The van der Waals surface area contributed by atoms with E-state index in [0.29, 0.717) is 12.6 Å². The van der Waals surface area contributed by atoms with Crippen molar-refractivity contribution in [1.82, 2.24) is 9.97 Å². The van der Waals surface area contributed by atoms with Gasteiger partial charge in [0.15, 0.2) is 5.82 Å². The summed E-state index contributed by atoms with van der Waals surface area (Å²) < 4.78 is 0. The zero-order chi connectivity index (χ0) is 12.4. The van der Waals surface area contributed by atoms with Crippen LogP contribution < -0.4 is 10.6 Å². The minimum atomic E-state index is 0.441. The molecule has 0 saturated heterocycles. The maximum atomic E-state index is 5.76. The largest absolute Gasteiger partial charge is 0.348 e. The van der Waals surface area contributed by atoms with E-state index < -0.39 is 0 Å². The van der Waals surface area contributed by atoms with Crippen molar-refractivity contribution in [2.45, 2.75) is 32.0 Å². The van der Waals surface area contributed by atoms with E-state index in [9.17, 15) is 0 Å². The van der Waals surface area contributed by atoms with Crippen LogP contribution in [0, 0.1) is 0 Å². The fourth-order valence-corrected chi connectivity index (χ4v) is 2.75. The summed E-state index contributed by atoms with van der Waals surface area (Å²) in [5, 5.41) is 4.30. The predicted molar refractivity (Wildman–Crippen MR) is 73.4 cm³/mol. The number of nitrogens with zero attached hydrogens (tertiary/aromatic N) is 3. The van der Waals surface area contributed by atoms with Gasteiger partial charge in [-0.1, -0.05) is 0 Å². The Bertz CT molecular complexity index is 507. The Morgan fingerprint density at radius 2 is 2.17 bits per heavy atom. The summed E-state index contributed by atoms with van der Waals surface area (Å²) in [5.74, 6) is 0.953. The molecule has 0 aliphatic heterocycles. The Morgan fingerprint density at radius 1 is 1.33 bits per heavy atom. The maximum Gasteiger partial charge on any atom is 0.152 e. The van der Waals surface area contributed by atoms with Crippen molar-refractivity contribution in [3.63, 3.8) is 0 Å². The Morgan fingerprint density at radius 3 is 2.83 bits per heavy atom. The molecule has 2 aromatic heterocycles. The molecule has 2 heterocycles. The molecule has 0 aromatic carbocycles. The standard InChI is InChI=1S/C13H16N4S/c14-7-12-13(16-5-4-15-12)17(11-1-2-11)8-10-3-6-18-9-10/h3-6,9,11H,1-2,7-8,14H2. The molecular formula is C13H16N4S. The number of aromatic nitrogens is 2. The van der Waals surface area contributed by atoms with Crippen molar-refractivity contribution in [3.8, 4) is 0 Å². The number of hydrogen-bond donors (Lipinski definition) is 1. The third kappa shape index (κ3) is 2.37. The van der Waals surface area contributed by atoms with E-state index in [-0.39, 0.29) is 0 Å². The molecule has 0 amide bonds. The van der Waals surface area contributed by atoms with E-state index in [1.807, 2.05) is 0 Å². The van der Waals surface area contributed by atoms with E-state index in [2.05, 4.69) is 31.7 Å². The Labute approximate surface area is 110 Å². The fourth-order valence-electron chi connectivity index (χ4n) is 2.09. The highest BCUT2D eigenvalue weighted by atomic mass is 32.1. The Balaban J connectivity index is 1.89. The van der Waals surface area contributed by atoms with Crippen molar-refractivity contribution in [3.05, 3.63) is 40.5 Å². The topological polar surface area (TPSA) is 55.0 Å². The van der Waals surface area contributed by atoms with Gasteiger partial charge in [-0.2, -0.15) is 11.3 Å². The van der Waals surface area contributed by atoms with Crippen LogP contribution in [0.25, 0.3) is 0 Å². The van der Waals surface area contributed by atoms with Crippen LogP contribution in [-0.2, 0) is 13.1 Å². The second-order valence-electron chi connectivity index (χ2n) is 4.52. The molecule has 1 fully saturated rings. The smallest absolute Gasteiger partial charge is 0.152 e. The zero-order valence-corrected chi connectivity index (χ0v) is 10.9. The van der Waals surface area contributed by atoms with Crippen LogP contribution in [0.15, 0.2) is 29.2 Å². The molecule has 0 bridgehead atoms. The summed E-state index contributed by atoms with van der Waals surface area (Å²) in [7, 11) is 0. The lowest BCUT2D eigenvalue weighted by molar-refractivity contribution is 0.760. The molecule has 1 saturated carbocycles. The van der Waals surface area contributed by atoms with Crippen LogP contribution >= 0.6 is 11.3 Å². The molecule has 18 heavy (non-hydrogen) atoms. The lowest BCUT2D eigenvalue weighted by Gasteiger charge is -2.24. The summed E-state index contributed by atoms with van der Waals surface area (Å²) >= 11 is 1.73. The van der Waals surface area contributed by atoms with Gasteiger partial charge < -0.3 is 10.6 Å². The van der Waals surface area contributed by atoms with Crippen molar-refractivity contribution < 1.29 is 0 Å². The Hall–Kier alpha value is -1.46. The number of nitrogens with two attached hydrogens (primary N) is 1. The van der Waals surface area contributed by atoms with E-state index >= 15 is 0 Å². The van der Waals surface area contributed by atoms with E-state index in [4.69, 9.17) is 5.73 Å². The van der Waals surface area contributed by atoms with Crippen molar-refractivity contribution in [1.29, 1.82) is 0 Å². The number of anilines is 1. The molecule has 2 aromatic rings. The highest BCUT2D eigenvalue weighted by Crippen LogP contribution is 2.33. The average molecular weight is 260 g/mol. The van der Waals surface area contributed by atoms with Crippen LogP contribution in [0.1, 0.15) is 24.1 Å². The zero-order valence-electron chi connectivity index (χ0n) is 10.1. The number of rotatable bonds is 5. The SMILES string of the molecule is NCc1nccnc1N(Cc1ccsc1)C1CC1. The number of thiophene rings is 1. The van der Waals surface area contributed by atoms with Gasteiger partial charge in [0.2, 0.25) is 0 Å². The van der Waals surface area contributed by atoms with Gasteiger partial charge in [-0.3, -0.25) is 4.98 Å². The molecule has 2 N–H and O–H groups in total. The monoisotopic (exact) mass is 260 g/mol. The highest BCUT2D eigenvalue weighted by Gasteiger charge is 2.31. The second-order valence-corrected chi connectivity index (χ2v) is 5.30. The molecular weight excluding hydrogens is 244 g/mol. The lowest BCUT2D eigenvalue weighted by atomic mass is 10.2. The van der Waals surface area contributed by atoms with E-state index in [1.54, 1.807) is 23.7 Å². The van der Waals surface area contributed by atoms with Crippen molar-refractivity contribution >= 4 is 17.2 Å². The Kier molecular flexibility index (Phi) is 3.25. The molecule has 1 aliphatic carbocycles. The van der Waals surface area contributed by atoms with Crippen LogP contribution in [0.2, 0.25) is 0 Å². The molecule has 94 valence electrons. The first kappa shape index (κ1) is 11.6. The predicted octanol–water partition coefficient (Wildman–Crippen LogP) is 2.17. The summed E-state index contributed by atoms with van der Waals surface area (Å²) in [4.78, 5) is 11.2. The normalized spacial score (nSPS) is 14.7. The van der Waals surface area contributed by atoms with Gasteiger partial charge in [0.25, 0.3) is 0 Å². The molecule has 4 nitrogen and oxygen atoms in total. The summed E-state index contributed by atoms with van der Waals surface area (Å²) in [6.07, 6.45) is 5.94. The first-order chi connectivity index (χ1) is 8.88.